The van der Waals surface area contributed by atoms with Gasteiger partial charge in [-0.25, -0.2) is 0 Å². The van der Waals surface area contributed by atoms with Gasteiger partial charge in [0.2, 0.25) is 0 Å². The van der Waals surface area contributed by atoms with Crippen molar-refractivity contribution in [3.8, 4) is 5.75 Å². The first-order chi connectivity index (χ1) is 9.72. The molecule has 1 amide bonds. The molecule has 0 bridgehead atoms. The van der Waals surface area contributed by atoms with E-state index in [0.717, 1.165) is 0 Å². The fourth-order valence-electron chi connectivity index (χ4n) is 2.02. The molecule has 1 saturated heterocycles. The molecule has 20 heavy (non-hydrogen) atoms. The molecule has 110 valence electrons. The van der Waals surface area contributed by atoms with Gasteiger partial charge >= 0.3 is 0 Å². The van der Waals surface area contributed by atoms with Crippen molar-refractivity contribution in [3.63, 3.8) is 0 Å². The van der Waals surface area contributed by atoms with Crippen LogP contribution in [0.1, 0.15) is 17.3 Å². The van der Waals surface area contributed by atoms with E-state index in [9.17, 15) is 4.79 Å². The molecule has 6 nitrogen and oxygen atoms in total. The van der Waals surface area contributed by atoms with Gasteiger partial charge in [0.25, 0.3) is 5.91 Å². The number of carbonyl (C=O) groups excluding carboxylic acids is 1. The first kappa shape index (κ1) is 14.6. The molecule has 3 N–H and O–H groups in total. The van der Waals surface area contributed by atoms with Gasteiger partial charge in [-0.2, -0.15) is 0 Å². The van der Waals surface area contributed by atoms with Gasteiger partial charge in [0, 0.05) is 12.2 Å². The molecule has 0 aliphatic carbocycles. The fraction of sp³-hybridized carbons (Fsp3) is 0.500. The Morgan fingerprint density at radius 1 is 1.50 bits per heavy atom. The van der Waals surface area contributed by atoms with Crippen LogP contribution in [0, 0.1) is 0 Å². The van der Waals surface area contributed by atoms with E-state index in [-0.39, 0.29) is 12.0 Å². The van der Waals surface area contributed by atoms with Crippen molar-refractivity contribution in [1.82, 2.24) is 5.32 Å². The average molecular weight is 280 g/mol. The Kier molecular flexibility index (Phi) is 5.20. The maximum Gasteiger partial charge on any atom is 0.257 e. The molecule has 0 aromatic heterocycles. The topological polar surface area (TPSA) is 82.8 Å². The van der Waals surface area contributed by atoms with E-state index < -0.39 is 0 Å². The number of anilines is 1. The van der Waals surface area contributed by atoms with Crippen LogP contribution >= 0.6 is 0 Å². The number of rotatable bonds is 5. The highest BCUT2D eigenvalue weighted by atomic mass is 16.6. The zero-order valence-electron chi connectivity index (χ0n) is 11.6. The maximum atomic E-state index is 12.2. The number of ether oxygens (including phenoxy) is 3. The van der Waals surface area contributed by atoms with E-state index in [4.69, 9.17) is 19.9 Å². The van der Waals surface area contributed by atoms with E-state index in [1.54, 1.807) is 18.2 Å². The van der Waals surface area contributed by atoms with Crippen molar-refractivity contribution in [1.29, 1.82) is 0 Å². The zero-order chi connectivity index (χ0) is 14.4. The zero-order valence-corrected chi connectivity index (χ0v) is 11.6. The highest BCUT2D eigenvalue weighted by molar-refractivity contribution is 6.01. The highest BCUT2D eigenvalue weighted by Crippen LogP contribution is 2.24. The molecule has 6 heteroatoms. The van der Waals surface area contributed by atoms with Crippen molar-refractivity contribution in [2.24, 2.45) is 0 Å². The fourth-order valence-corrected chi connectivity index (χ4v) is 2.02. The minimum absolute atomic E-state index is 0.117. The van der Waals surface area contributed by atoms with E-state index in [1.165, 1.54) is 0 Å². The minimum atomic E-state index is -0.263. The summed E-state index contributed by atoms with van der Waals surface area (Å²) in [6, 6.07) is 5.17. The first-order valence-corrected chi connectivity index (χ1v) is 6.71. The summed E-state index contributed by atoms with van der Waals surface area (Å²) in [5.41, 5.74) is 6.63. The Bertz CT molecular complexity index is 458. The largest absolute Gasteiger partial charge is 0.493 e. The van der Waals surface area contributed by atoms with Crippen LogP contribution in [0.25, 0.3) is 0 Å². The summed E-state index contributed by atoms with van der Waals surface area (Å²) in [6.45, 7) is 4.37. The number of amides is 1. The van der Waals surface area contributed by atoms with Crippen LogP contribution in [0.4, 0.5) is 5.69 Å². The third-order valence-corrected chi connectivity index (χ3v) is 2.96. The summed E-state index contributed by atoms with van der Waals surface area (Å²) in [6.07, 6.45) is -0.117. The number of benzene rings is 1. The third-order valence-electron chi connectivity index (χ3n) is 2.96. The lowest BCUT2D eigenvalue weighted by molar-refractivity contribution is -0.0855. The quantitative estimate of drug-likeness (QED) is 0.780. The summed E-state index contributed by atoms with van der Waals surface area (Å²) in [7, 11) is 0. The van der Waals surface area contributed by atoms with Gasteiger partial charge < -0.3 is 25.3 Å². The maximum absolute atomic E-state index is 12.2. The molecule has 1 heterocycles. The summed E-state index contributed by atoms with van der Waals surface area (Å²) in [5.74, 6) is 0.228. The molecule has 0 saturated carbocycles. The van der Waals surface area contributed by atoms with Crippen LogP contribution in [0.2, 0.25) is 0 Å². The van der Waals surface area contributed by atoms with E-state index in [2.05, 4.69) is 5.32 Å². The van der Waals surface area contributed by atoms with Crippen molar-refractivity contribution < 1.29 is 19.0 Å². The normalized spacial score (nSPS) is 18.6. The number of hydrogen-bond donors (Lipinski definition) is 2. The summed E-state index contributed by atoms with van der Waals surface area (Å²) in [5, 5.41) is 2.80. The van der Waals surface area contributed by atoms with Gasteiger partial charge in [0.15, 0.2) is 0 Å². The smallest absolute Gasteiger partial charge is 0.257 e. The highest BCUT2D eigenvalue weighted by Gasteiger charge is 2.19. The van der Waals surface area contributed by atoms with Crippen LogP contribution in [-0.4, -0.2) is 45.0 Å². The number of hydrogen-bond acceptors (Lipinski definition) is 5. The van der Waals surface area contributed by atoms with Crippen LogP contribution < -0.4 is 15.8 Å². The lowest BCUT2D eigenvalue weighted by Gasteiger charge is -2.23. The predicted molar refractivity (Wildman–Crippen MR) is 74.9 cm³/mol. The molecule has 1 fully saturated rings. The molecular weight excluding hydrogens is 260 g/mol. The predicted octanol–water partition coefficient (Wildman–Crippen LogP) is 0.813. The second-order valence-electron chi connectivity index (χ2n) is 4.43. The van der Waals surface area contributed by atoms with Crippen molar-refractivity contribution >= 4 is 11.6 Å². The number of nitrogen functional groups attached to an aromatic ring is 1. The molecule has 1 aromatic rings. The van der Waals surface area contributed by atoms with E-state index in [0.29, 0.717) is 50.0 Å². The Hall–Kier alpha value is -1.79. The number of nitrogens with one attached hydrogen (secondary N) is 1. The lowest BCUT2D eigenvalue weighted by atomic mass is 10.1. The second-order valence-corrected chi connectivity index (χ2v) is 4.43. The molecular formula is C14H20N2O4. The molecule has 1 atom stereocenters. The summed E-state index contributed by atoms with van der Waals surface area (Å²) < 4.78 is 16.2. The Labute approximate surface area is 118 Å². The van der Waals surface area contributed by atoms with Gasteiger partial charge in [0.05, 0.1) is 32.5 Å². The van der Waals surface area contributed by atoms with Crippen LogP contribution in [0.5, 0.6) is 5.75 Å². The molecule has 1 aliphatic rings. The van der Waals surface area contributed by atoms with Gasteiger partial charge in [-0.15, -0.1) is 0 Å². The molecule has 0 spiro atoms. The molecule has 1 aliphatic heterocycles. The van der Waals surface area contributed by atoms with Crippen LogP contribution in [-0.2, 0) is 9.47 Å². The van der Waals surface area contributed by atoms with E-state index in [1.807, 2.05) is 6.92 Å². The molecule has 1 aromatic carbocycles. The van der Waals surface area contributed by atoms with E-state index >= 15 is 0 Å². The van der Waals surface area contributed by atoms with Crippen LogP contribution in [0.3, 0.4) is 0 Å². The first-order valence-electron chi connectivity index (χ1n) is 6.71. The van der Waals surface area contributed by atoms with Gasteiger partial charge in [-0.1, -0.05) is 6.07 Å². The summed E-state index contributed by atoms with van der Waals surface area (Å²) in [4.78, 5) is 12.2. The molecule has 0 radical (unpaired) electrons. The Morgan fingerprint density at radius 3 is 3.05 bits per heavy atom. The second kappa shape index (κ2) is 7.12. The monoisotopic (exact) mass is 280 g/mol. The SMILES string of the molecule is CCOc1cccc(N)c1C(=O)NCC1COCCO1. The minimum Gasteiger partial charge on any atom is -0.493 e. The number of carbonyl (C=O) groups is 1. The van der Waals surface area contributed by atoms with Crippen molar-refractivity contribution in [2.45, 2.75) is 13.0 Å². The Morgan fingerprint density at radius 2 is 2.35 bits per heavy atom. The average Bonchev–Trinajstić information content (AvgIpc) is 2.46. The number of nitrogens with two attached hydrogens (primary N) is 1. The standard InChI is InChI=1S/C14H20N2O4/c1-2-19-12-5-3-4-11(15)13(12)14(17)16-8-10-9-18-6-7-20-10/h3-5,10H,2,6-9,15H2,1H3,(H,16,17). The summed E-state index contributed by atoms with van der Waals surface area (Å²) >= 11 is 0. The molecule has 2 rings (SSSR count). The lowest BCUT2D eigenvalue weighted by Crippen LogP contribution is -2.40. The van der Waals surface area contributed by atoms with Gasteiger partial charge in [-0.3, -0.25) is 4.79 Å². The van der Waals surface area contributed by atoms with Gasteiger partial charge in [0.1, 0.15) is 11.3 Å². The molecule has 1 unspecified atom stereocenters. The van der Waals surface area contributed by atoms with Crippen molar-refractivity contribution in [3.05, 3.63) is 23.8 Å². The van der Waals surface area contributed by atoms with Crippen molar-refractivity contribution in [2.75, 3.05) is 38.7 Å². The Balaban J connectivity index is 2.00. The van der Waals surface area contributed by atoms with Crippen LogP contribution in [0.15, 0.2) is 18.2 Å². The third kappa shape index (κ3) is 3.61. The van der Waals surface area contributed by atoms with Gasteiger partial charge in [-0.05, 0) is 19.1 Å².